The average molecular weight is 259 g/mol. The van der Waals surface area contributed by atoms with Gasteiger partial charge >= 0.3 is 5.97 Å². The summed E-state index contributed by atoms with van der Waals surface area (Å²) in [7, 11) is 1.41. The van der Waals surface area contributed by atoms with Gasteiger partial charge in [-0.15, -0.1) is 0 Å². The Morgan fingerprint density at radius 2 is 2.26 bits per heavy atom. The van der Waals surface area contributed by atoms with E-state index in [0.29, 0.717) is 24.5 Å². The van der Waals surface area contributed by atoms with E-state index < -0.39 is 0 Å². The Morgan fingerprint density at radius 1 is 1.53 bits per heavy atom. The van der Waals surface area contributed by atoms with Crippen molar-refractivity contribution in [2.24, 2.45) is 11.8 Å². The second-order valence-electron chi connectivity index (χ2n) is 4.95. The van der Waals surface area contributed by atoms with E-state index >= 15 is 0 Å². The molecule has 0 aliphatic carbocycles. The summed E-state index contributed by atoms with van der Waals surface area (Å²) in [6.45, 7) is 5.18. The summed E-state index contributed by atoms with van der Waals surface area (Å²) in [5.41, 5.74) is 1.41. The zero-order valence-electron chi connectivity index (χ0n) is 11.4. The third-order valence-corrected chi connectivity index (χ3v) is 3.55. The summed E-state index contributed by atoms with van der Waals surface area (Å²) in [6.07, 6.45) is 0. The van der Waals surface area contributed by atoms with Gasteiger partial charge in [0, 0.05) is 18.8 Å². The maximum absolute atomic E-state index is 11.7. The quantitative estimate of drug-likeness (QED) is 0.753. The van der Waals surface area contributed by atoms with Crippen molar-refractivity contribution >= 4 is 11.8 Å². The summed E-state index contributed by atoms with van der Waals surface area (Å²) < 4.78 is 4.82. The molecule has 100 valence electrons. The molecule has 0 radical (unpaired) electrons. The van der Waals surface area contributed by atoms with Gasteiger partial charge in [0.05, 0.1) is 18.6 Å². The maximum atomic E-state index is 11.7. The number of aryl methyl sites for hydroxylation is 1. The highest BCUT2D eigenvalue weighted by Gasteiger charge is 2.36. The van der Waals surface area contributed by atoms with Gasteiger partial charge in [0.15, 0.2) is 0 Å². The van der Waals surface area contributed by atoms with Crippen LogP contribution in [-0.2, 0) is 9.53 Å². The van der Waals surface area contributed by atoms with Crippen molar-refractivity contribution in [3.8, 4) is 6.07 Å². The normalized spacial score (nSPS) is 22.1. The van der Waals surface area contributed by atoms with Crippen molar-refractivity contribution in [2.75, 3.05) is 25.1 Å². The zero-order chi connectivity index (χ0) is 14.0. The third kappa shape index (κ3) is 2.53. The van der Waals surface area contributed by atoms with Crippen LogP contribution in [0, 0.1) is 30.1 Å². The second kappa shape index (κ2) is 5.27. The van der Waals surface area contributed by atoms with Gasteiger partial charge in [0.1, 0.15) is 11.9 Å². The van der Waals surface area contributed by atoms with Gasteiger partial charge < -0.3 is 9.64 Å². The summed E-state index contributed by atoms with van der Waals surface area (Å²) in [5, 5.41) is 9.15. The van der Waals surface area contributed by atoms with Gasteiger partial charge in [0.25, 0.3) is 0 Å². The second-order valence-corrected chi connectivity index (χ2v) is 4.95. The molecular formula is C14H17N3O2. The monoisotopic (exact) mass is 259 g/mol. The molecule has 1 aromatic rings. The van der Waals surface area contributed by atoms with Crippen LogP contribution in [0.1, 0.15) is 18.2 Å². The van der Waals surface area contributed by atoms with Crippen LogP contribution in [0.2, 0.25) is 0 Å². The number of nitrogens with zero attached hydrogens (tertiary/aromatic N) is 3. The highest BCUT2D eigenvalue weighted by molar-refractivity contribution is 5.74. The Morgan fingerprint density at radius 3 is 2.89 bits per heavy atom. The first-order valence-corrected chi connectivity index (χ1v) is 6.27. The van der Waals surface area contributed by atoms with Gasteiger partial charge in [-0.25, -0.2) is 4.98 Å². The lowest BCUT2D eigenvalue weighted by Crippen LogP contribution is -2.25. The molecule has 1 aliphatic rings. The topological polar surface area (TPSA) is 66.2 Å². The standard InChI is InChI=1S/C14H17N3O2/c1-9-7-17(8-12(9)14(18)19-3)13-11(6-15)5-4-10(2)16-13/h4-5,9,12H,7-8H2,1-3H3. The van der Waals surface area contributed by atoms with E-state index in [1.54, 1.807) is 6.07 Å². The number of nitriles is 1. The van der Waals surface area contributed by atoms with Crippen LogP contribution in [-0.4, -0.2) is 31.2 Å². The summed E-state index contributed by atoms with van der Waals surface area (Å²) in [6, 6.07) is 5.74. The molecule has 5 nitrogen and oxygen atoms in total. The highest BCUT2D eigenvalue weighted by atomic mass is 16.5. The fourth-order valence-electron chi connectivity index (χ4n) is 2.47. The minimum Gasteiger partial charge on any atom is -0.469 e. The van der Waals surface area contributed by atoms with E-state index in [1.807, 2.05) is 24.8 Å². The van der Waals surface area contributed by atoms with E-state index in [-0.39, 0.29) is 17.8 Å². The number of hydrogen-bond donors (Lipinski definition) is 0. The van der Waals surface area contributed by atoms with Crippen molar-refractivity contribution in [2.45, 2.75) is 13.8 Å². The number of carbonyl (C=O) groups is 1. The molecule has 0 bridgehead atoms. The lowest BCUT2D eigenvalue weighted by molar-refractivity contribution is -0.145. The molecular weight excluding hydrogens is 242 g/mol. The first-order valence-electron chi connectivity index (χ1n) is 6.27. The van der Waals surface area contributed by atoms with Crippen molar-refractivity contribution in [1.82, 2.24) is 4.98 Å². The molecule has 2 heterocycles. The van der Waals surface area contributed by atoms with E-state index in [1.165, 1.54) is 7.11 Å². The molecule has 2 unspecified atom stereocenters. The number of anilines is 1. The molecule has 1 saturated heterocycles. The fourth-order valence-corrected chi connectivity index (χ4v) is 2.47. The molecule has 0 saturated carbocycles. The van der Waals surface area contributed by atoms with E-state index in [4.69, 9.17) is 10.00 Å². The van der Waals surface area contributed by atoms with Gasteiger partial charge in [-0.1, -0.05) is 6.92 Å². The lowest BCUT2D eigenvalue weighted by atomic mass is 9.99. The zero-order valence-corrected chi connectivity index (χ0v) is 11.4. The Hall–Kier alpha value is -2.09. The Bertz CT molecular complexity index is 536. The highest BCUT2D eigenvalue weighted by Crippen LogP contribution is 2.29. The molecule has 0 aromatic carbocycles. The Balaban J connectivity index is 2.28. The molecule has 2 rings (SSSR count). The first-order chi connectivity index (χ1) is 9.06. The first kappa shape index (κ1) is 13.3. The maximum Gasteiger partial charge on any atom is 0.310 e. The minimum absolute atomic E-state index is 0.154. The van der Waals surface area contributed by atoms with Crippen LogP contribution in [0.4, 0.5) is 5.82 Å². The van der Waals surface area contributed by atoms with Crippen LogP contribution < -0.4 is 4.90 Å². The predicted molar refractivity (Wildman–Crippen MR) is 70.6 cm³/mol. The number of aromatic nitrogens is 1. The van der Waals surface area contributed by atoms with Crippen molar-refractivity contribution in [3.05, 3.63) is 23.4 Å². The van der Waals surface area contributed by atoms with Crippen molar-refractivity contribution in [3.63, 3.8) is 0 Å². The molecule has 0 amide bonds. The molecule has 1 fully saturated rings. The molecule has 5 heteroatoms. The van der Waals surface area contributed by atoms with Crippen LogP contribution in [0.15, 0.2) is 12.1 Å². The van der Waals surface area contributed by atoms with Gasteiger partial charge in [-0.05, 0) is 25.0 Å². The number of carbonyl (C=O) groups excluding carboxylic acids is 1. The number of pyridine rings is 1. The van der Waals surface area contributed by atoms with E-state index in [2.05, 4.69) is 11.1 Å². The van der Waals surface area contributed by atoms with Gasteiger partial charge in [0.2, 0.25) is 0 Å². The van der Waals surface area contributed by atoms with Crippen LogP contribution in [0.5, 0.6) is 0 Å². The van der Waals surface area contributed by atoms with E-state index in [9.17, 15) is 4.79 Å². The molecule has 2 atom stereocenters. The number of rotatable bonds is 2. The largest absolute Gasteiger partial charge is 0.469 e. The molecule has 1 aliphatic heterocycles. The molecule has 0 spiro atoms. The SMILES string of the molecule is COC(=O)C1CN(c2nc(C)ccc2C#N)CC1C. The predicted octanol–water partition coefficient (Wildman–Crippen LogP) is 1.51. The summed E-state index contributed by atoms with van der Waals surface area (Å²) in [4.78, 5) is 18.1. The number of hydrogen-bond acceptors (Lipinski definition) is 5. The lowest BCUT2D eigenvalue weighted by Gasteiger charge is -2.18. The summed E-state index contributed by atoms with van der Waals surface area (Å²) in [5.74, 6) is 0.516. The summed E-state index contributed by atoms with van der Waals surface area (Å²) >= 11 is 0. The van der Waals surface area contributed by atoms with Gasteiger partial charge in [-0.2, -0.15) is 5.26 Å². The number of methoxy groups -OCH3 is 1. The van der Waals surface area contributed by atoms with Gasteiger partial charge in [-0.3, -0.25) is 4.79 Å². The molecule has 19 heavy (non-hydrogen) atoms. The third-order valence-electron chi connectivity index (χ3n) is 3.55. The van der Waals surface area contributed by atoms with Crippen molar-refractivity contribution in [1.29, 1.82) is 5.26 Å². The number of ether oxygens (including phenoxy) is 1. The van der Waals surface area contributed by atoms with Crippen LogP contribution in [0.25, 0.3) is 0 Å². The minimum atomic E-state index is -0.193. The van der Waals surface area contributed by atoms with Crippen LogP contribution >= 0.6 is 0 Å². The Labute approximate surface area is 112 Å². The van der Waals surface area contributed by atoms with Crippen LogP contribution in [0.3, 0.4) is 0 Å². The van der Waals surface area contributed by atoms with Crippen molar-refractivity contribution < 1.29 is 9.53 Å². The average Bonchev–Trinajstić information content (AvgIpc) is 2.79. The van der Waals surface area contributed by atoms with E-state index in [0.717, 1.165) is 5.69 Å². The molecule has 1 aromatic heterocycles. The fraction of sp³-hybridized carbons (Fsp3) is 0.500. The Kier molecular flexibility index (Phi) is 3.70. The number of esters is 1. The molecule has 0 N–H and O–H groups in total. The smallest absolute Gasteiger partial charge is 0.310 e.